The van der Waals surface area contributed by atoms with Crippen LogP contribution < -0.4 is 0 Å². The Morgan fingerprint density at radius 1 is 0.281 bits per heavy atom. The van der Waals surface area contributed by atoms with Crippen molar-refractivity contribution in [2.45, 2.75) is 298 Å². The molecule has 2 aromatic heterocycles. The molecule has 0 bridgehead atoms. The van der Waals surface area contributed by atoms with Crippen LogP contribution in [0.5, 0.6) is 0 Å². The predicted molar refractivity (Wildman–Crippen MR) is 285 cm³/mol. The van der Waals surface area contributed by atoms with Crippen molar-refractivity contribution >= 4 is 0 Å². The third-order valence-electron chi connectivity index (χ3n) is 14.0. The van der Waals surface area contributed by atoms with Crippen molar-refractivity contribution in [2.75, 3.05) is 26.2 Å². The van der Waals surface area contributed by atoms with Crippen LogP contribution in [0, 0.1) is 0 Å². The van der Waals surface area contributed by atoms with Crippen LogP contribution >= 0.6 is 0 Å². The highest BCUT2D eigenvalue weighted by molar-refractivity contribution is 5.55. The van der Waals surface area contributed by atoms with Crippen molar-refractivity contribution in [3.63, 3.8) is 0 Å². The van der Waals surface area contributed by atoms with Gasteiger partial charge in [-0.2, -0.15) is 0 Å². The van der Waals surface area contributed by atoms with Gasteiger partial charge in [0.25, 0.3) is 0 Å². The number of hydrogen-bond donors (Lipinski definition) is 0. The van der Waals surface area contributed by atoms with Gasteiger partial charge in [0.05, 0.1) is 11.4 Å². The average molecular weight is 888 g/mol. The van der Waals surface area contributed by atoms with Gasteiger partial charge in [0.1, 0.15) is 0 Å². The molecule has 0 fully saturated rings. The third-order valence-corrected chi connectivity index (χ3v) is 14.0. The van der Waals surface area contributed by atoms with E-state index < -0.39 is 0 Å². The highest BCUT2D eigenvalue weighted by Crippen LogP contribution is 2.21. The van der Waals surface area contributed by atoms with Gasteiger partial charge in [-0.25, -0.2) is 0 Å². The predicted octanol–water partition coefficient (Wildman–Crippen LogP) is 19.4. The summed E-state index contributed by atoms with van der Waals surface area (Å²) in [6, 6.07) is 9.22. The maximum absolute atomic E-state index is 4.91. The maximum Gasteiger partial charge on any atom is 0.0889 e. The topological polar surface area (TPSA) is 32.3 Å². The molecule has 0 atom stereocenters. The van der Waals surface area contributed by atoms with Crippen molar-refractivity contribution in [2.24, 2.45) is 0 Å². The molecule has 0 radical (unpaired) electrons. The van der Waals surface area contributed by atoms with E-state index in [-0.39, 0.29) is 0 Å². The van der Waals surface area contributed by atoms with Gasteiger partial charge in [0, 0.05) is 25.5 Å². The molecule has 0 aliphatic carbocycles. The second kappa shape index (κ2) is 45.0. The quantitative estimate of drug-likeness (QED) is 0.0620. The zero-order valence-corrected chi connectivity index (χ0v) is 43.8. The summed E-state index contributed by atoms with van der Waals surface area (Å²) >= 11 is 0. The monoisotopic (exact) mass is 887 g/mol. The highest BCUT2D eigenvalue weighted by atomic mass is 15.1. The highest BCUT2D eigenvalue weighted by Gasteiger charge is 2.12. The lowest BCUT2D eigenvalue weighted by molar-refractivity contribution is 0.252. The molecule has 2 heterocycles. The molecule has 0 saturated carbocycles. The van der Waals surface area contributed by atoms with Crippen molar-refractivity contribution in [1.29, 1.82) is 0 Å². The summed E-state index contributed by atoms with van der Waals surface area (Å²) in [5.41, 5.74) is 4.85. The van der Waals surface area contributed by atoms with Crippen molar-refractivity contribution < 1.29 is 0 Å². The second-order valence-electron chi connectivity index (χ2n) is 20.4. The minimum Gasteiger partial charge on any atom is -0.299 e. The van der Waals surface area contributed by atoms with Gasteiger partial charge < -0.3 is 0 Å². The summed E-state index contributed by atoms with van der Waals surface area (Å²) in [4.78, 5) is 15.3. The number of unbranched alkanes of at least 4 members (excludes halogenated alkanes) is 36. The van der Waals surface area contributed by atoms with Gasteiger partial charge >= 0.3 is 0 Å². The Hall–Kier alpha value is -1.78. The summed E-state index contributed by atoms with van der Waals surface area (Å²) in [5, 5.41) is 0. The molecule has 2 aromatic rings. The third kappa shape index (κ3) is 34.5. The van der Waals surface area contributed by atoms with Gasteiger partial charge in [-0.1, -0.05) is 259 Å². The van der Waals surface area contributed by atoms with E-state index in [1.165, 1.54) is 294 Å². The molecular formula is C60H110N4. The molecule has 2 rings (SSSR count). The number of pyridine rings is 2. The summed E-state index contributed by atoms with van der Waals surface area (Å²) in [5.74, 6) is 0. The summed E-state index contributed by atoms with van der Waals surface area (Å²) in [6.45, 7) is 16.2. The lowest BCUT2D eigenvalue weighted by atomic mass is 10.1. The van der Waals surface area contributed by atoms with E-state index in [0.717, 1.165) is 24.5 Å². The molecule has 0 unspecified atom stereocenters. The van der Waals surface area contributed by atoms with Crippen LogP contribution in [-0.4, -0.2) is 45.9 Å². The molecule has 4 nitrogen and oxygen atoms in total. The normalized spacial score (nSPS) is 11.8. The lowest BCUT2D eigenvalue weighted by Gasteiger charge is -2.23. The standard InChI is InChI=1S/C60H110N4/c1-5-9-13-17-21-25-29-33-37-41-49-63(50-42-38-34-30-26-22-18-14-10-6-2)55-57-45-47-61-59(53-57)60-54-58(46-48-62-60)56-64(51-43-39-35-31-27-23-19-15-11-7-3)52-44-40-36-32-28-24-20-16-12-8-4/h45-48,53-54H,5-44,49-52,55-56H2,1-4H3. The fourth-order valence-electron chi connectivity index (χ4n) is 9.77. The molecule has 4 heteroatoms. The Balaban J connectivity index is 1.96. The number of rotatable bonds is 49. The summed E-state index contributed by atoms with van der Waals surface area (Å²) in [7, 11) is 0. The molecule has 0 aliphatic heterocycles. The van der Waals surface area contributed by atoms with Crippen LogP contribution in [0.15, 0.2) is 36.7 Å². The molecule has 0 spiro atoms. The summed E-state index contributed by atoms with van der Waals surface area (Å²) in [6.07, 6.45) is 60.1. The Bertz CT molecular complexity index is 1100. The molecule has 0 saturated heterocycles. The first-order chi connectivity index (χ1) is 31.7. The van der Waals surface area contributed by atoms with Crippen molar-refractivity contribution in [3.8, 4) is 11.4 Å². The van der Waals surface area contributed by atoms with Gasteiger partial charge in [-0.3, -0.25) is 19.8 Å². The number of aromatic nitrogens is 2. The van der Waals surface area contributed by atoms with Gasteiger partial charge in [-0.05, 0) is 87.3 Å². The Morgan fingerprint density at radius 2 is 0.484 bits per heavy atom. The zero-order valence-electron chi connectivity index (χ0n) is 43.8. The Kier molecular flexibility index (Phi) is 41.0. The molecule has 0 N–H and O–H groups in total. The van der Waals surface area contributed by atoms with Crippen LogP contribution in [0.3, 0.4) is 0 Å². The fraction of sp³-hybridized carbons (Fsp3) is 0.833. The minimum atomic E-state index is 1.02. The maximum atomic E-state index is 4.91. The number of nitrogens with zero attached hydrogens (tertiary/aromatic N) is 4. The van der Waals surface area contributed by atoms with Crippen molar-refractivity contribution in [3.05, 3.63) is 47.8 Å². The lowest BCUT2D eigenvalue weighted by Crippen LogP contribution is -2.26. The van der Waals surface area contributed by atoms with E-state index in [0.29, 0.717) is 0 Å². The molecule has 0 amide bonds. The second-order valence-corrected chi connectivity index (χ2v) is 20.4. The van der Waals surface area contributed by atoms with Crippen molar-refractivity contribution in [1.82, 2.24) is 19.8 Å². The first-order valence-corrected chi connectivity index (χ1v) is 29.0. The Morgan fingerprint density at radius 3 is 0.703 bits per heavy atom. The average Bonchev–Trinajstić information content (AvgIpc) is 3.31. The summed E-state index contributed by atoms with van der Waals surface area (Å²) < 4.78 is 0. The van der Waals surface area contributed by atoms with E-state index in [2.05, 4.69) is 61.8 Å². The van der Waals surface area contributed by atoms with E-state index in [1.54, 1.807) is 0 Å². The molecule has 0 aromatic carbocycles. The first kappa shape index (κ1) is 58.3. The fourth-order valence-corrected chi connectivity index (χ4v) is 9.77. The Labute approximate surface area is 401 Å². The van der Waals surface area contributed by atoms with Crippen LogP contribution in [-0.2, 0) is 13.1 Å². The zero-order chi connectivity index (χ0) is 45.6. The minimum absolute atomic E-state index is 1.02. The van der Waals surface area contributed by atoms with E-state index in [9.17, 15) is 0 Å². The molecule has 0 aliphatic rings. The molecule has 64 heavy (non-hydrogen) atoms. The molecule has 370 valence electrons. The van der Waals surface area contributed by atoms with Crippen LogP contribution in [0.4, 0.5) is 0 Å². The van der Waals surface area contributed by atoms with Crippen LogP contribution in [0.25, 0.3) is 11.4 Å². The van der Waals surface area contributed by atoms with Gasteiger partial charge in [-0.15, -0.1) is 0 Å². The van der Waals surface area contributed by atoms with E-state index in [4.69, 9.17) is 9.97 Å². The van der Waals surface area contributed by atoms with Crippen LogP contribution in [0.1, 0.15) is 296 Å². The first-order valence-electron chi connectivity index (χ1n) is 29.0. The SMILES string of the molecule is CCCCCCCCCCCCN(CCCCCCCCCCCC)Cc1ccnc(-c2cc(CN(CCCCCCCCCCCC)CCCCCCCCCCCC)ccn2)c1. The van der Waals surface area contributed by atoms with Gasteiger partial charge in [0.2, 0.25) is 0 Å². The van der Waals surface area contributed by atoms with Crippen LogP contribution in [0.2, 0.25) is 0 Å². The largest absolute Gasteiger partial charge is 0.299 e. The molecular weight excluding hydrogens is 777 g/mol. The van der Waals surface area contributed by atoms with E-state index in [1.807, 2.05) is 12.4 Å². The number of hydrogen-bond acceptors (Lipinski definition) is 4. The smallest absolute Gasteiger partial charge is 0.0889 e. The van der Waals surface area contributed by atoms with Gasteiger partial charge in [0.15, 0.2) is 0 Å². The van der Waals surface area contributed by atoms with E-state index >= 15 is 0 Å².